The molecule has 2 fully saturated rings. The molecule has 1 aliphatic heterocycles. The molecular formula is C16H16F6N4O3. The first kappa shape index (κ1) is 21.1. The average molecular weight is 426 g/mol. The van der Waals surface area contributed by atoms with Crippen molar-refractivity contribution in [3.8, 4) is 0 Å². The Labute approximate surface area is 160 Å². The van der Waals surface area contributed by atoms with Gasteiger partial charge < -0.3 is 15.0 Å². The molecule has 1 spiro atoms. The van der Waals surface area contributed by atoms with Gasteiger partial charge in [0.15, 0.2) is 5.82 Å². The maximum Gasteiger partial charge on any atom is 0.434 e. The van der Waals surface area contributed by atoms with Crippen LogP contribution in [0.15, 0.2) is 18.3 Å². The number of aromatic nitrogens is 2. The molecular weight excluding hydrogens is 410 g/mol. The Balaban J connectivity index is 1.53. The van der Waals surface area contributed by atoms with Gasteiger partial charge in [0.05, 0.1) is 0 Å². The number of hydrogen-bond donors (Lipinski definition) is 1. The molecule has 7 nitrogen and oxygen atoms in total. The minimum Gasteiger partial charge on any atom is -0.426 e. The number of ether oxygens (including phenoxy) is 1. The predicted molar refractivity (Wildman–Crippen MR) is 84.4 cm³/mol. The summed E-state index contributed by atoms with van der Waals surface area (Å²) in [5, 5.41) is 9.96. The first-order chi connectivity index (χ1) is 13.4. The summed E-state index contributed by atoms with van der Waals surface area (Å²) in [6, 6.07) is 3.14. The summed E-state index contributed by atoms with van der Waals surface area (Å²) in [4.78, 5) is 24.9. The lowest BCUT2D eigenvalue weighted by atomic mass is 9.91. The van der Waals surface area contributed by atoms with Gasteiger partial charge in [0.1, 0.15) is 0 Å². The fourth-order valence-electron chi connectivity index (χ4n) is 3.48. The molecule has 1 aromatic heterocycles. The van der Waals surface area contributed by atoms with E-state index in [1.165, 1.54) is 6.20 Å². The molecule has 160 valence electrons. The third-order valence-electron chi connectivity index (χ3n) is 5.16. The summed E-state index contributed by atoms with van der Waals surface area (Å²) >= 11 is 0. The van der Waals surface area contributed by atoms with E-state index in [1.54, 1.807) is 12.1 Å². The second-order valence-corrected chi connectivity index (χ2v) is 7.05. The average Bonchev–Trinajstić information content (AvgIpc) is 3.32. The Bertz CT molecular complexity index is 748. The number of carbonyl (C=O) groups is 2. The van der Waals surface area contributed by atoms with Crippen LogP contribution in [-0.2, 0) is 9.53 Å². The highest BCUT2D eigenvalue weighted by Gasteiger charge is 2.61. The molecule has 0 radical (unpaired) electrons. The number of rotatable bonds is 3. The number of alkyl halides is 6. The maximum absolute atomic E-state index is 12.5. The highest BCUT2D eigenvalue weighted by atomic mass is 19.4. The van der Waals surface area contributed by atoms with Crippen molar-refractivity contribution in [2.24, 2.45) is 11.3 Å². The fourth-order valence-corrected chi connectivity index (χ4v) is 3.48. The number of nitrogens with one attached hydrogen (secondary N) is 1. The van der Waals surface area contributed by atoms with Gasteiger partial charge in [-0.2, -0.15) is 31.4 Å². The van der Waals surface area contributed by atoms with E-state index in [0.717, 1.165) is 4.90 Å². The quantitative estimate of drug-likeness (QED) is 0.751. The Morgan fingerprint density at radius 2 is 1.79 bits per heavy atom. The Morgan fingerprint density at radius 3 is 2.31 bits per heavy atom. The van der Waals surface area contributed by atoms with E-state index in [-0.39, 0.29) is 43.6 Å². The van der Waals surface area contributed by atoms with Gasteiger partial charge >= 0.3 is 18.4 Å². The van der Waals surface area contributed by atoms with Crippen molar-refractivity contribution < 1.29 is 40.7 Å². The van der Waals surface area contributed by atoms with Gasteiger partial charge in [-0.1, -0.05) is 0 Å². The Morgan fingerprint density at radius 1 is 1.17 bits per heavy atom. The summed E-state index contributed by atoms with van der Waals surface area (Å²) in [5.74, 6) is -0.401. The predicted octanol–water partition coefficient (Wildman–Crippen LogP) is 3.15. The molecule has 1 aliphatic carbocycles. The largest absolute Gasteiger partial charge is 0.434 e. The molecule has 3 rings (SSSR count). The molecule has 2 amide bonds. The van der Waals surface area contributed by atoms with Gasteiger partial charge in [-0.3, -0.25) is 4.79 Å². The van der Waals surface area contributed by atoms with Gasteiger partial charge in [-0.15, -0.1) is 5.10 Å². The van der Waals surface area contributed by atoms with Crippen molar-refractivity contribution in [1.82, 2.24) is 15.1 Å². The van der Waals surface area contributed by atoms with Crippen LogP contribution < -0.4 is 5.32 Å². The molecule has 0 aromatic carbocycles. The van der Waals surface area contributed by atoms with E-state index in [9.17, 15) is 35.9 Å². The number of likely N-dealkylation sites (tertiary alicyclic amines) is 1. The minimum atomic E-state index is -5.76. The van der Waals surface area contributed by atoms with Crippen molar-refractivity contribution in [1.29, 1.82) is 0 Å². The number of piperidine rings is 1. The van der Waals surface area contributed by atoms with E-state index < -0.39 is 30.0 Å². The first-order valence-corrected chi connectivity index (χ1v) is 8.60. The molecule has 29 heavy (non-hydrogen) atoms. The number of halogens is 6. The van der Waals surface area contributed by atoms with Gasteiger partial charge in [-0.05, 0) is 36.8 Å². The zero-order chi connectivity index (χ0) is 21.4. The lowest BCUT2D eigenvalue weighted by Crippen LogP contribution is -2.49. The molecule has 1 saturated carbocycles. The van der Waals surface area contributed by atoms with Gasteiger partial charge in [0.2, 0.25) is 5.91 Å². The lowest BCUT2D eigenvalue weighted by molar-refractivity contribution is -0.308. The van der Waals surface area contributed by atoms with E-state index >= 15 is 0 Å². The zero-order valence-corrected chi connectivity index (χ0v) is 14.8. The van der Waals surface area contributed by atoms with Crippen LogP contribution in [-0.4, -0.2) is 58.6 Å². The standard InChI is InChI=1S/C16H16F6N4O3/c17-15(18,19)12(16(20,21)22)29-13(28)26-6-3-14(4-7-26)8-9(14)11(27)24-10-2-1-5-23-25-10/h1-2,5,9,12H,3-4,6-8H2,(H,24,25,27)/t9-/m0/s1. The topological polar surface area (TPSA) is 84.4 Å². The van der Waals surface area contributed by atoms with Crippen LogP contribution in [0.2, 0.25) is 0 Å². The van der Waals surface area contributed by atoms with Crippen LogP contribution in [0.4, 0.5) is 37.0 Å². The fraction of sp³-hybridized carbons (Fsp3) is 0.625. The Hall–Kier alpha value is -2.60. The molecule has 0 bridgehead atoms. The van der Waals surface area contributed by atoms with Crippen molar-refractivity contribution >= 4 is 17.8 Å². The molecule has 1 N–H and O–H groups in total. The van der Waals surface area contributed by atoms with Crippen LogP contribution in [0.5, 0.6) is 0 Å². The van der Waals surface area contributed by atoms with Gasteiger partial charge in [-0.25, -0.2) is 4.79 Å². The highest BCUT2D eigenvalue weighted by molar-refractivity contribution is 5.94. The highest BCUT2D eigenvalue weighted by Crippen LogP contribution is 2.59. The normalized spacial score (nSPS) is 21.2. The number of nitrogens with zero attached hydrogens (tertiary/aromatic N) is 3. The summed E-state index contributed by atoms with van der Waals surface area (Å²) in [6.45, 7) is -0.202. The van der Waals surface area contributed by atoms with E-state index in [2.05, 4.69) is 20.3 Å². The SMILES string of the molecule is O=C(Nc1cccnn1)[C@@H]1CC12CCN(C(=O)OC(C(F)(F)F)C(F)(F)F)CC2. The summed E-state index contributed by atoms with van der Waals surface area (Å²) in [6.07, 6.45) is -14.9. The molecule has 2 aliphatic rings. The van der Waals surface area contributed by atoms with Crippen LogP contribution >= 0.6 is 0 Å². The zero-order valence-electron chi connectivity index (χ0n) is 14.8. The summed E-state index contributed by atoms with van der Waals surface area (Å²) in [5.41, 5.74) is -0.434. The molecule has 1 saturated heterocycles. The summed E-state index contributed by atoms with van der Waals surface area (Å²) in [7, 11) is 0. The summed E-state index contributed by atoms with van der Waals surface area (Å²) < 4.78 is 78.9. The van der Waals surface area contributed by atoms with Gasteiger partial charge in [0, 0.05) is 25.2 Å². The molecule has 1 atom stereocenters. The monoisotopic (exact) mass is 426 g/mol. The van der Waals surface area contributed by atoms with Crippen molar-refractivity contribution in [3.05, 3.63) is 18.3 Å². The Kier molecular flexibility index (Phi) is 5.34. The van der Waals surface area contributed by atoms with Crippen LogP contribution in [0, 0.1) is 11.3 Å². The van der Waals surface area contributed by atoms with E-state index in [1.807, 2.05) is 0 Å². The number of amides is 2. The number of anilines is 1. The van der Waals surface area contributed by atoms with Crippen LogP contribution in [0.3, 0.4) is 0 Å². The van der Waals surface area contributed by atoms with Crippen LogP contribution in [0.25, 0.3) is 0 Å². The van der Waals surface area contributed by atoms with E-state index in [4.69, 9.17) is 0 Å². The van der Waals surface area contributed by atoms with Crippen molar-refractivity contribution in [2.45, 2.75) is 37.7 Å². The molecule has 1 aromatic rings. The lowest BCUT2D eigenvalue weighted by Gasteiger charge is -2.33. The first-order valence-electron chi connectivity index (χ1n) is 8.60. The third kappa shape index (κ3) is 4.70. The third-order valence-corrected chi connectivity index (χ3v) is 5.16. The smallest absolute Gasteiger partial charge is 0.426 e. The van der Waals surface area contributed by atoms with Crippen molar-refractivity contribution in [2.75, 3.05) is 18.4 Å². The molecule has 13 heteroatoms. The number of carbonyl (C=O) groups excluding carboxylic acids is 2. The van der Waals surface area contributed by atoms with Crippen molar-refractivity contribution in [3.63, 3.8) is 0 Å². The molecule has 0 unspecified atom stereocenters. The number of hydrogen-bond acceptors (Lipinski definition) is 5. The van der Waals surface area contributed by atoms with Gasteiger partial charge in [0.25, 0.3) is 6.10 Å². The van der Waals surface area contributed by atoms with E-state index in [0.29, 0.717) is 6.42 Å². The second-order valence-electron chi connectivity index (χ2n) is 7.05. The van der Waals surface area contributed by atoms with Crippen LogP contribution in [0.1, 0.15) is 19.3 Å². The second kappa shape index (κ2) is 7.34. The molecule has 2 heterocycles. The maximum atomic E-state index is 12.5. The minimum absolute atomic E-state index is 0.101.